The van der Waals surface area contributed by atoms with Crippen LogP contribution < -0.4 is 0 Å². The first kappa shape index (κ1) is 17.8. The van der Waals surface area contributed by atoms with Crippen molar-refractivity contribution in [2.24, 2.45) is 0 Å². The van der Waals surface area contributed by atoms with Crippen molar-refractivity contribution in [2.75, 3.05) is 33.2 Å². The van der Waals surface area contributed by atoms with Crippen molar-refractivity contribution in [1.29, 1.82) is 0 Å². The summed E-state index contributed by atoms with van der Waals surface area (Å²) >= 11 is 0. The first-order valence-electron chi connectivity index (χ1n) is 9.59. The van der Waals surface area contributed by atoms with Gasteiger partial charge in [-0.2, -0.15) is 0 Å². The lowest BCUT2D eigenvalue weighted by atomic mass is 10.2. The number of nitrogens with zero attached hydrogens (tertiary/aromatic N) is 5. The molecule has 142 valence electrons. The molecule has 0 saturated carbocycles. The van der Waals surface area contributed by atoms with Gasteiger partial charge in [-0.1, -0.05) is 6.07 Å². The summed E-state index contributed by atoms with van der Waals surface area (Å²) in [5.41, 5.74) is 3.56. The van der Waals surface area contributed by atoms with Crippen LogP contribution in [0.5, 0.6) is 0 Å². The van der Waals surface area contributed by atoms with Gasteiger partial charge in [-0.3, -0.25) is 4.79 Å². The van der Waals surface area contributed by atoms with Gasteiger partial charge in [0.25, 0.3) is 5.91 Å². The van der Waals surface area contributed by atoms with E-state index in [1.165, 1.54) is 0 Å². The van der Waals surface area contributed by atoms with Crippen molar-refractivity contribution < 1.29 is 4.79 Å². The smallest absolute Gasteiger partial charge is 0.256 e. The van der Waals surface area contributed by atoms with Crippen LogP contribution in [-0.2, 0) is 0 Å². The number of imidazole rings is 1. The van der Waals surface area contributed by atoms with E-state index in [0.29, 0.717) is 6.04 Å². The van der Waals surface area contributed by atoms with Crippen molar-refractivity contribution in [3.63, 3.8) is 0 Å². The van der Waals surface area contributed by atoms with Gasteiger partial charge in [0.2, 0.25) is 0 Å². The molecular formula is C21H27N5O. The third kappa shape index (κ3) is 3.14. The van der Waals surface area contributed by atoms with E-state index in [-0.39, 0.29) is 5.91 Å². The van der Waals surface area contributed by atoms with Crippen molar-refractivity contribution in [2.45, 2.75) is 26.8 Å². The Morgan fingerprint density at radius 2 is 1.89 bits per heavy atom. The summed E-state index contributed by atoms with van der Waals surface area (Å²) in [5.74, 6) is 1.09. The summed E-state index contributed by atoms with van der Waals surface area (Å²) in [5, 5.41) is 0. The molecule has 0 aliphatic carbocycles. The fourth-order valence-corrected chi connectivity index (χ4v) is 3.83. The molecule has 1 fully saturated rings. The Bertz CT molecular complexity index is 976. The highest BCUT2D eigenvalue weighted by Gasteiger charge is 2.25. The minimum atomic E-state index is 0.109. The molecule has 0 unspecified atom stereocenters. The van der Waals surface area contributed by atoms with E-state index in [2.05, 4.69) is 41.0 Å². The summed E-state index contributed by atoms with van der Waals surface area (Å²) in [7, 11) is 2.10. The molecule has 0 spiro atoms. The first-order chi connectivity index (χ1) is 13.0. The zero-order chi connectivity index (χ0) is 19.1. The lowest BCUT2D eigenvalue weighted by molar-refractivity contribution is 0.0666. The van der Waals surface area contributed by atoms with Crippen LogP contribution in [0, 0.1) is 6.92 Å². The molecule has 0 bridgehead atoms. The Morgan fingerprint density at radius 3 is 2.56 bits per heavy atom. The van der Waals surface area contributed by atoms with Crippen molar-refractivity contribution >= 4 is 11.4 Å². The van der Waals surface area contributed by atoms with Gasteiger partial charge in [-0.25, -0.2) is 4.98 Å². The number of hydrogen-bond donors (Lipinski definition) is 0. The summed E-state index contributed by atoms with van der Waals surface area (Å²) in [6.45, 7) is 9.71. The normalized spacial score (nSPS) is 15.8. The maximum atomic E-state index is 13.2. The lowest BCUT2D eigenvalue weighted by Gasteiger charge is -2.32. The molecule has 6 nitrogen and oxygen atoms in total. The summed E-state index contributed by atoms with van der Waals surface area (Å²) < 4.78 is 4.25. The van der Waals surface area contributed by atoms with Crippen LogP contribution in [0.25, 0.3) is 16.9 Å². The van der Waals surface area contributed by atoms with Gasteiger partial charge in [-0.05, 0) is 46.0 Å². The highest BCUT2D eigenvalue weighted by atomic mass is 16.2. The number of hydrogen-bond acceptors (Lipinski definition) is 3. The highest BCUT2D eigenvalue weighted by Crippen LogP contribution is 2.28. The Kier molecular flexibility index (Phi) is 4.52. The maximum absolute atomic E-state index is 13.2. The average Bonchev–Trinajstić information content (AvgIpc) is 3.22. The fourth-order valence-electron chi connectivity index (χ4n) is 3.83. The van der Waals surface area contributed by atoms with E-state index in [1.807, 2.05) is 42.3 Å². The van der Waals surface area contributed by atoms with E-state index in [1.54, 1.807) is 0 Å². The maximum Gasteiger partial charge on any atom is 0.256 e. The SMILES string of the molecule is Cc1nc(-c2cc(C(=O)N3CCN(C)CC3)c3ccccn23)cn1C(C)C. The van der Waals surface area contributed by atoms with Crippen LogP contribution in [0.15, 0.2) is 36.7 Å². The number of rotatable bonds is 3. The van der Waals surface area contributed by atoms with Gasteiger partial charge in [0, 0.05) is 44.6 Å². The molecule has 4 heterocycles. The monoisotopic (exact) mass is 365 g/mol. The van der Waals surface area contributed by atoms with Crippen molar-refractivity contribution in [3.8, 4) is 11.4 Å². The summed E-state index contributed by atoms with van der Waals surface area (Å²) in [6, 6.07) is 8.34. The molecule has 4 rings (SSSR count). The van der Waals surface area contributed by atoms with Gasteiger partial charge >= 0.3 is 0 Å². The van der Waals surface area contributed by atoms with Gasteiger partial charge < -0.3 is 18.8 Å². The second-order valence-corrected chi connectivity index (χ2v) is 7.67. The van der Waals surface area contributed by atoms with Crippen LogP contribution in [-0.4, -0.2) is 62.9 Å². The number of aryl methyl sites for hydroxylation is 1. The Balaban J connectivity index is 1.78. The van der Waals surface area contributed by atoms with E-state index in [0.717, 1.165) is 54.5 Å². The Hall–Kier alpha value is -2.60. The van der Waals surface area contributed by atoms with E-state index in [4.69, 9.17) is 4.98 Å². The first-order valence-corrected chi connectivity index (χ1v) is 9.59. The van der Waals surface area contributed by atoms with Crippen LogP contribution in [0.3, 0.4) is 0 Å². The van der Waals surface area contributed by atoms with Crippen molar-refractivity contribution in [3.05, 3.63) is 48.0 Å². The number of aromatic nitrogens is 3. The standard InChI is InChI=1S/C21H27N5O/c1-15(2)26-14-18(22-16(26)3)20-13-17(19-7-5-6-8-25(19)20)21(27)24-11-9-23(4)10-12-24/h5-8,13-15H,9-12H2,1-4H3. The molecule has 1 aliphatic heterocycles. The quantitative estimate of drug-likeness (QED) is 0.717. The van der Waals surface area contributed by atoms with E-state index in [9.17, 15) is 4.79 Å². The Morgan fingerprint density at radius 1 is 1.15 bits per heavy atom. The molecule has 27 heavy (non-hydrogen) atoms. The number of fused-ring (bicyclic) bond motifs is 1. The minimum absolute atomic E-state index is 0.109. The molecule has 0 atom stereocenters. The van der Waals surface area contributed by atoms with Gasteiger partial charge in [-0.15, -0.1) is 0 Å². The van der Waals surface area contributed by atoms with Crippen LogP contribution in [0.2, 0.25) is 0 Å². The van der Waals surface area contributed by atoms with Gasteiger partial charge in [0.05, 0.1) is 16.8 Å². The third-order valence-electron chi connectivity index (χ3n) is 5.43. The second kappa shape index (κ2) is 6.85. The van der Waals surface area contributed by atoms with Crippen molar-refractivity contribution in [1.82, 2.24) is 23.8 Å². The van der Waals surface area contributed by atoms with E-state index < -0.39 is 0 Å². The molecular weight excluding hydrogens is 338 g/mol. The highest BCUT2D eigenvalue weighted by molar-refractivity contribution is 6.02. The molecule has 0 aromatic carbocycles. The van der Waals surface area contributed by atoms with Crippen LogP contribution in [0.4, 0.5) is 0 Å². The molecule has 1 aliphatic rings. The zero-order valence-corrected chi connectivity index (χ0v) is 16.5. The molecule has 1 amide bonds. The number of likely N-dealkylation sites (N-methyl/N-ethyl adjacent to an activating group) is 1. The van der Waals surface area contributed by atoms with Crippen LogP contribution in [0.1, 0.15) is 36.1 Å². The predicted octanol–water partition coefficient (Wildman–Crippen LogP) is 3.08. The average molecular weight is 365 g/mol. The molecule has 3 aromatic rings. The van der Waals surface area contributed by atoms with E-state index >= 15 is 0 Å². The zero-order valence-electron chi connectivity index (χ0n) is 16.5. The fraction of sp³-hybridized carbons (Fsp3) is 0.429. The number of piperazine rings is 1. The largest absolute Gasteiger partial charge is 0.336 e. The predicted molar refractivity (Wildman–Crippen MR) is 107 cm³/mol. The number of carbonyl (C=O) groups excluding carboxylic acids is 1. The van der Waals surface area contributed by atoms with Gasteiger partial charge in [0.15, 0.2) is 0 Å². The van der Waals surface area contributed by atoms with Crippen LogP contribution >= 0.6 is 0 Å². The molecule has 6 heteroatoms. The topological polar surface area (TPSA) is 45.8 Å². The number of pyridine rings is 1. The number of amides is 1. The molecule has 3 aromatic heterocycles. The summed E-state index contributed by atoms with van der Waals surface area (Å²) in [6.07, 6.45) is 4.09. The third-order valence-corrected chi connectivity index (χ3v) is 5.43. The lowest BCUT2D eigenvalue weighted by Crippen LogP contribution is -2.47. The summed E-state index contributed by atoms with van der Waals surface area (Å²) in [4.78, 5) is 22.2. The molecule has 0 radical (unpaired) electrons. The Labute approximate surface area is 160 Å². The molecule has 1 saturated heterocycles. The second-order valence-electron chi connectivity index (χ2n) is 7.67. The van der Waals surface area contributed by atoms with Gasteiger partial charge in [0.1, 0.15) is 11.5 Å². The number of carbonyl (C=O) groups is 1. The minimum Gasteiger partial charge on any atom is -0.336 e. The molecule has 0 N–H and O–H groups in total.